The molecule has 1 aromatic carbocycles. The van der Waals surface area contributed by atoms with Crippen LogP contribution in [0, 0.1) is 0 Å². The van der Waals surface area contributed by atoms with E-state index in [0.717, 1.165) is 23.7 Å². The molecule has 3 aromatic rings. The van der Waals surface area contributed by atoms with Crippen LogP contribution in [-0.4, -0.2) is 24.1 Å². The molecule has 1 N–H and O–H groups in total. The number of anilines is 2. The maximum Gasteiger partial charge on any atom is 0.129 e. The van der Waals surface area contributed by atoms with Gasteiger partial charge in [-0.3, -0.25) is 0 Å². The lowest BCUT2D eigenvalue weighted by Gasteiger charge is -2.15. The SMILES string of the molecule is CN(C)c1cc(CNc2ccccn2)c2ccccc2n1. The number of pyridine rings is 2. The molecule has 0 fully saturated rings. The Kier molecular flexibility index (Phi) is 3.69. The number of para-hydroxylation sites is 1. The fourth-order valence-electron chi connectivity index (χ4n) is 2.26. The van der Waals surface area contributed by atoms with E-state index in [1.54, 1.807) is 6.20 Å². The Morgan fingerprint density at radius 2 is 1.86 bits per heavy atom. The quantitative estimate of drug-likeness (QED) is 0.795. The maximum atomic E-state index is 4.67. The highest BCUT2D eigenvalue weighted by atomic mass is 15.1. The number of benzene rings is 1. The molecule has 0 saturated carbocycles. The number of rotatable bonds is 4. The van der Waals surface area contributed by atoms with Crippen molar-refractivity contribution in [3.05, 3.63) is 60.3 Å². The van der Waals surface area contributed by atoms with Gasteiger partial charge in [0.05, 0.1) is 5.52 Å². The fourth-order valence-corrected chi connectivity index (χ4v) is 2.26. The van der Waals surface area contributed by atoms with E-state index in [9.17, 15) is 0 Å². The minimum absolute atomic E-state index is 0.723. The smallest absolute Gasteiger partial charge is 0.129 e. The summed E-state index contributed by atoms with van der Waals surface area (Å²) in [5, 5.41) is 4.53. The Morgan fingerprint density at radius 1 is 1.05 bits per heavy atom. The molecule has 0 amide bonds. The van der Waals surface area contributed by atoms with Crippen molar-refractivity contribution in [1.82, 2.24) is 9.97 Å². The molecule has 0 bridgehead atoms. The van der Waals surface area contributed by atoms with E-state index in [4.69, 9.17) is 0 Å². The number of aromatic nitrogens is 2. The minimum atomic E-state index is 0.723. The molecule has 0 atom stereocenters. The van der Waals surface area contributed by atoms with Gasteiger partial charge in [-0.15, -0.1) is 0 Å². The van der Waals surface area contributed by atoms with Gasteiger partial charge in [-0.25, -0.2) is 9.97 Å². The topological polar surface area (TPSA) is 41.0 Å². The second kappa shape index (κ2) is 5.79. The van der Waals surface area contributed by atoms with E-state index in [2.05, 4.69) is 27.4 Å². The highest BCUT2D eigenvalue weighted by Gasteiger charge is 2.07. The van der Waals surface area contributed by atoms with E-state index >= 15 is 0 Å². The van der Waals surface area contributed by atoms with Crippen molar-refractivity contribution in [3.63, 3.8) is 0 Å². The van der Waals surface area contributed by atoms with Gasteiger partial charge in [-0.1, -0.05) is 24.3 Å². The second-order valence-electron chi connectivity index (χ2n) is 5.12. The Morgan fingerprint density at radius 3 is 2.62 bits per heavy atom. The van der Waals surface area contributed by atoms with Crippen molar-refractivity contribution in [1.29, 1.82) is 0 Å². The first kappa shape index (κ1) is 13.4. The third kappa shape index (κ3) is 2.94. The average molecular weight is 278 g/mol. The van der Waals surface area contributed by atoms with Gasteiger partial charge in [-0.2, -0.15) is 0 Å². The van der Waals surface area contributed by atoms with Crippen molar-refractivity contribution < 1.29 is 0 Å². The summed E-state index contributed by atoms with van der Waals surface area (Å²) in [7, 11) is 4.01. The van der Waals surface area contributed by atoms with E-state index in [1.807, 2.05) is 55.4 Å². The molecule has 0 radical (unpaired) electrons. The van der Waals surface area contributed by atoms with Crippen LogP contribution in [0.2, 0.25) is 0 Å². The van der Waals surface area contributed by atoms with Gasteiger partial charge < -0.3 is 10.2 Å². The van der Waals surface area contributed by atoms with Crippen LogP contribution in [0.15, 0.2) is 54.7 Å². The van der Waals surface area contributed by atoms with E-state index in [-0.39, 0.29) is 0 Å². The normalized spacial score (nSPS) is 10.6. The van der Waals surface area contributed by atoms with E-state index in [0.29, 0.717) is 0 Å². The lowest BCUT2D eigenvalue weighted by Crippen LogP contribution is -2.12. The minimum Gasteiger partial charge on any atom is -0.366 e. The molecule has 3 rings (SSSR count). The van der Waals surface area contributed by atoms with Crippen molar-refractivity contribution >= 4 is 22.5 Å². The zero-order valence-corrected chi connectivity index (χ0v) is 12.2. The predicted octanol–water partition coefficient (Wildman–Crippen LogP) is 3.31. The summed E-state index contributed by atoms with van der Waals surface area (Å²) in [5.74, 6) is 1.84. The summed E-state index contributed by atoms with van der Waals surface area (Å²) in [5.41, 5.74) is 2.23. The summed E-state index contributed by atoms with van der Waals surface area (Å²) in [4.78, 5) is 11.0. The van der Waals surface area contributed by atoms with Crippen LogP contribution in [0.1, 0.15) is 5.56 Å². The Balaban J connectivity index is 1.96. The predicted molar refractivity (Wildman–Crippen MR) is 87.6 cm³/mol. The Bertz CT molecular complexity index is 738. The van der Waals surface area contributed by atoms with Crippen molar-refractivity contribution in [2.45, 2.75) is 6.54 Å². The molecule has 0 unspecified atom stereocenters. The maximum absolute atomic E-state index is 4.67. The summed E-state index contributed by atoms with van der Waals surface area (Å²) in [6.45, 7) is 0.723. The molecule has 4 heteroatoms. The number of hydrogen-bond acceptors (Lipinski definition) is 4. The second-order valence-corrected chi connectivity index (χ2v) is 5.12. The van der Waals surface area contributed by atoms with Crippen LogP contribution < -0.4 is 10.2 Å². The Hall–Kier alpha value is -2.62. The molecule has 106 valence electrons. The summed E-state index contributed by atoms with van der Waals surface area (Å²) in [6, 6.07) is 16.2. The number of nitrogens with one attached hydrogen (secondary N) is 1. The summed E-state index contributed by atoms with van der Waals surface area (Å²) >= 11 is 0. The molecule has 0 saturated heterocycles. The Labute approximate surface area is 124 Å². The third-order valence-electron chi connectivity index (χ3n) is 3.37. The zero-order chi connectivity index (χ0) is 14.7. The lowest BCUT2D eigenvalue weighted by atomic mass is 10.1. The van der Waals surface area contributed by atoms with Gasteiger partial charge in [0.25, 0.3) is 0 Å². The van der Waals surface area contributed by atoms with Crippen LogP contribution >= 0.6 is 0 Å². The molecule has 0 aliphatic rings. The lowest BCUT2D eigenvalue weighted by molar-refractivity contribution is 1.06. The standard InChI is InChI=1S/C17H18N4/c1-21(2)17-11-13(12-19-16-9-5-6-10-18-16)14-7-3-4-8-15(14)20-17/h3-11H,12H2,1-2H3,(H,18,19). The van der Waals surface area contributed by atoms with Crippen LogP contribution in [-0.2, 0) is 6.54 Å². The molecule has 2 heterocycles. The number of nitrogens with zero attached hydrogens (tertiary/aromatic N) is 3. The first-order valence-electron chi connectivity index (χ1n) is 6.95. The molecule has 21 heavy (non-hydrogen) atoms. The van der Waals surface area contributed by atoms with Crippen molar-refractivity contribution in [2.75, 3.05) is 24.3 Å². The first-order valence-corrected chi connectivity index (χ1v) is 6.95. The highest BCUT2D eigenvalue weighted by Crippen LogP contribution is 2.22. The van der Waals surface area contributed by atoms with Crippen LogP contribution in [0.5, 0.6) is 0 Å². The van der Waals surface area contributed by atoms with Gasteiger partial charge in [0, 0.05) is 32.2 Å². The largest absolute Gasteiger partial charge is 0.366 e. The van der Waals surface area contributed by atoms with Gasteiger partial charge >= 0.3 is 0 Å². The molecule has 4 nitrogen and oxygen atoms in total. The summed E-state index contributed by atoms with van der Waals surface area (Å²) in [6.07, 6.45) is 1.79. The van der Waals surface area contributed by atoms with Crippen LogP contribution in [0.3, 0.4) is 0 Å². The van der Waals surface area contributed by atoms with E-state index < -0.39 is 0 Å². The molecule has 0 aliphatic heterocycles. The van der Waals surface area contributed by atoms with Gasteiger partial charge in [-0.05, 0) is 29.8 Å². The van der Waals surface area contributed by atoms with Gasteiger partial charge in [0.1, 0.15) is 11.6 Å². The highest BCUT2D eigenvalue weighted by molar-refractivity contribution is 5.84. The monoisotopic (exact) mass is 278 g/mol. The van der Waals surface area contributed by atoms with Crippen molar-refractivity contribution in [3.8, 4) is 0 Å². The summed E-state index contributed by atoms with van der Waals surface area (Å²) < 4.78 is 0. The molecule has 0 spiro atoms. The molecule has 0 aliphatic carbocycles. The molecular weight excluding hydrogens is 260 g/mol. The third-order valence-corrected chi connectivity index (χ3v) is 3.37. The first-order chi connectivity index (χ1) is 10.2. The average Bonchev–Trinajstić information content (AvgIpc) is 2.53. The molecule has 2 aromatic heterocycles. The molecular formula is C17H18N4. The number of fused-ring (bicyclic) bond motifs is 1. The number of hydrogen-bond donors (Lipinski definition) is 1. The zero-order valence-electron chi connectivity index (χ0n) is 12.2. The van der Waals surface area contributed by atoms with Crippen molar-refractivity contribution in [2.24, 2.45) is 0 Å². The van der Waals surface area contributed by atoms with Gasteiger partial charge in [0.15, 0.2) is 0 Å². The fraction of sp³-hybridized carbons (Fsp3) is 0.176. The van der Waals surface area contributed by atoms with Crippen LogP contribution in [0.25, 0.3) is 10.9 Å². The van der Waals surface area contributed by atoms with Crippen LogP contribution in [0.4, 0.5) is 11.6 Å². The van der Waals surface area contributed by atoms with E-state index in [1.165, 1.54) is 10.9 Å². The van der Waals surface area contributed by atoms with Gasteiger partial charge in [0.2, 0.25) is 0 Å².